The molecule has 0 saturated carbocycles. The molecule has 0 N–H and O–H groups in total. The van der Waals surface area contributed by atoms with Crippen LogP contribution in [0.5, 0.6) is 5.75 Å². The van der Waals surface area contributed by atoms with E-state index in [9.17, 15) is 9.59 Å². The van der Waals surface area contributed by atoms with E-state index in [1.54, 1.807) is 22.3 Å². The lowest BCUT2D eigenvalue weighted by molar-refractivity contribution is -0.136. The first kappa shape index (κ1) is 23.8. The number of nitrogens with zero attached hydrogens (tertiary/aromatic N) is 2. The molecule has 174 valence electrons. The summed E-state index contributed by atoms with van der Waals surface area (Å²) in [4.78, 5) is 32.0. The van der Waals surface area contributed by atoms with Crippen LogP contribution in [0.3, 0.4) is 0 Å². The molecule has 0 aliphatic carbocycles. The summed E-state index contributed by atoms with van der Waals surface area (Å²) in [5, 5.41) is 4.64. The van der Waals surface area contributed by atoms with Crippen LogP contribution in [0.15, 0.2) is 47.2 Å². The van der Waals surface area contributed by atoms with E-state index in [0.29, 0.717) is 23.1 Å². The van der Waals surface area contributed by atoms with E-state index in [4.69, 9.17) is 16.3 Å². The van der Waals surface area contributed by atoms with Gasteiger partial charge in [0.1, 0.15) is 18.9 Å². The van der Waals surface area contributed by atoms with E-state index in [0.717, 1.165) is 23.3 Å². The molecule has 0 saturated heterocycles. The van der Waals surface area contributed by atoms with Crippen molar-refractivity contribution < 1.29 is 14.3 Å². The molecule has 0 bridgehead atoms. The molecule has 8 heteroatoms. The molecule has 4 rings (SSSR count). The summed E-state index contributed by atoms with van der Waals surface area (Å²) in [6.45, 7) is 6.82. The van der Waals surface area contributed by atoms with Gasteiger partial charge < -0.3 is 14.5 Å². The number of amides is 2. The number of benzene rings is 1. The van der Waals surface area contributed by atoms with Gasteiger partial charge in [-0.3, -0.25) is 9.59 Å². The van der Waals surface area contributed by atoms with Crippen LogP contribution in [0.25, 0.3) is 0 Å². The fourth-order valence-corrected chi connectivity index (χ4v) is 5.75. The quantitative estimate of drug-likeness (QED) is 0.408. The standard InChI is InChI=1S/C25H27ClN2O3S2/c1-16(2)28(25(30)23-5-4-11-32-23)14-24(29)27-10-8-22-19(9-12-33-22)21(27)15-31-18-6-7-20(26)17(3)13-18/h4-7,9,11-13,16,21H,8,10,14-15H2,1-3H3. The minimum Gasteiger partial charge on any atom is -0.491 e. The van der Waals surface area contributed by atoms with Gasteiger partial charge in [0.2, 0.25) is 5.91 Å². The summed E-state index contributed by atoms with van der Waals surface area (Å²) < 4.78 is 6.12. The van der Waals surface area contributed by atoms with E-state index < -0.39 is 0 Å². The highest BCUT2D eigenvalue weighted by Crippen LogP contribution is 2.34. The average Bonchev–Trinajstić information content (AvgIpc) is 3.49. The van der Waals surface area contributed by atoms with Gasteiger partial charge in [0, 0.05) is 22.5 Å². The van der Waals surface area contributed by atoms with E-state index >= 15 is 0 Å². The van der Waals surface area contributed by atoms with Gasteiger partial charge >= 0.3 is 0 Å². The maximum atomic E-state index is 13.5. The van der Waals surface area contributed by atoms with Crippen LogP contribution < -0.4 is 4.74 Å². The van der Waals surface area contributed by atoms with Crippen molar-refractivity contribution in [1.29, 1.82) is 0 Å². The van der Waals surface area contributed by atoms with E-state index in [1.807, 2.05) is 55.3 Å². The molecule has 1 aliphatic heterocycles. The summed E-state index contributed by atoms with van der Waals surface area (Å²) in [7, 11) is 0. The lowest BCUT2D eigenvalue weighted by atomic mass is 10.00. The zero-order valence-corrected chi connectivity index (χ0v) is 21.3. The van der Waals surface area contributed by atoms with Crippen molar-refractivity contribution in [3.05, 3.63) is 73.1 Å². The van der Waals surface area contributed by atoms with Crippen molar-refractivity contribution in [1.82, 2.24) is 9.80 Å². The summed E-state index contributed by atoms with van der Waals surface area (Å²) in [5.74, 6) is 0.556. The molecule has 0 fully saturated rings. The average molecular weight is 503 g/mol. The minimum absolute atomic E-state index is 0.0461. The Balaban J connectivity index is 1.53. The predicted molar refractivity (Wildman–Crippen MR) is 135 cm³/mol. The number of carbonyl (C=O) groups excluding carboxylic acids is 2. The molecule has 1 aromatic carbocycles. The van der Waals surface area contributed by atoms with Crippen molar-refractivity contribution in [2.24, 2.45) is 0 Å². The Morgan fingerprint density at radius 2 is 2.03 bits per heavy atom. The summed E-state index contributed by atoms with van der Waals surface area (Å²) in [5.41, 5.74) is 2.08. The molecule has 1 atom stereocenters. The van der Waals surface area contributed by atoms with Crippen LogP contribution in [0.4, 0.5) is 0 Å². The Kier molecular flexibility index (Phi) is 7.41. The van der Waals surface area contributed by atoms with Gasteiger partial charge in [-0.15, -0.1) is 22.7 Å². The number of hydrogen-bond donors (Lipinski definition) is 0. The lowest BCUT2D eigenvalue weighted by Crippen LogP contribution is -2.49. The van der Waals surface area contributed by atoms with Crippen LogP contribution >= 0.6 is 34.3 Å². The first-order valence-corrected chi connectivity index (χ1v) is 13.1. The second kappa shape index (κ2) is 10.3. The van der Waals surface area contributed by atoms with Gasteiger partial charge in [-0.2, -0.15) is 0 Å². The lowest BCUT2D eigenvalue weighted by Gasteiger charge is -2.37. The predicted octanol–water partition coefficient (Wildman–Crippen LogP) is 5.83. The Morgan fingerprint density at radius 1 is 1.21 bits per heavy atom. The SMILES string of the molecule is Cc1cc(OCC2c3ccsc3CCN2C(=O)CN(C(=O)c2cccs2)C(C)C)ccc1Cl. The highest BCUT2D eigenvalue weighted by atomic mass is 35.5. The molecular weight excluding hydrogens is 476 g/mol. The largest absolute Gasteiger partial charge is 0.491 e. The number of halogens is 1. The number of ether oxygens (including phenoxy) is 1. The van der Waals surface area contributed by atoms with E-state index in [2.05, 4.69) is 11.4 Å². The Morgan fingerprint density at radius 3 is 2.73 bits per heavy atom. The van der Waals surface area contributed by atoms with Crippen LogP contribution in [0.1, 0.15) is 45.6 Å². The van der Waals surface area contributed by atoms with E-state index in [-0.39, 0.29) is 30.4 Å². The van der Waals surface area contributed by atoms with E-state index in [1.165, 1.54) is 16.2 Å². The van der Waals surface area contributed by atoms with Crippen molar-refractivity contribution in [3.8, 4) is 5.75 Å². The first-order chi connectivity index (χ1) is 15.8. The van der Waals surface area contributed by atoms with Crippen LogP contribution in [-0.2, 0) is 11.2 Å². The smallest absolute Gasteiger partial charge is 0.264 e. The van der Waals surface area contributed by atoms with Crippen molar-refractivity contribution >= 4 is 46.1 Å². The third kappa shape index (κ3) is 5.26. The fourth-order valence-electron chi connectivity index (χ4n) is 4.02. The number of aryl methyl sites for hydroxylation is 1. The summed E-state index contributed by atoms with van der Waals surface area (Å²) >= 11 is 9.26. The van der Waals surface area contributed by atoms with Crippen molar-refractivity contribution in [2.45, 2.75) is 39.3 Å². The number of hydrogen-bond acceptors (Lipinski definition) is 5. The van der Waals surface area contributed by atoms with Crippen LogP contribution in [0, 0.1) is 6.92 Å². The maximum Gasteiger partial charge on any atom is 0.264 e. The molecular formula is C25H27ClN2O3S2. The molecule has 1 aliphatic rings. The molecule has 2 amide bonds. The monoisotopic (exact) mass is 502 g/mol. The third-order valence-corrected chi connectivity index (χ3v) is 8.15. The maximum absolute atomic E-state index is 13.5. The van der Waals surface area contributed by atoms with Gasteiger partial charge in [0.15, 0.2) is 0 Å². The molecule has 3 aromatic rings. The van der Waals surface area contributed by atoms with Crippen molar-refractivity contribution in [2.75, 3.05) is 19.7 Å². The van der Waals surface area contributed by atoms with Gasteiger partial charge in [0.25, 0.3) is 5.91 Å². The van der Waals surface area contributed by atoms with Gasteiger partial charge in [-0.05, 0) is 79.4 Å². The van der Waals surface area contributed by atoms with Crippen LogP contribution in [-0.4, -0.2) is 47.4 Å². The minimum atomic E-state index is -0.200. The summed E-state index contributed by atoms with van der Waals surface area (Å²) in [6, 6.07) is 11.0. The second-order valence-electron chi connectivity index (χ2n) is 8.38. The van der Waals surface area contributed by atoms with Crippen molar-refractivity contribution in [3.63, 3.8) is 0 Å². The fraction of sp³-hybridized carbons (Fsp3) is 0.360. The van der Waals surface area contributed by atoms with Crippen LogP contribution in [0.2, 0.25) is 5.02 Å². The number of fused-ring (bicyclic) bond motifs is 1. The summed E-state index contributed by atoms with van der Waals surface area (Å²) in [6.07, 6.45) is 0.815. The second-order valence-corrected chi connectivity index (χ2v) is 10.7. The molecule has 0 spiro atoms. The third-order valence-electron chi connectivity index (χ3n) is 5.87. The highest BCUT2D eigenvalue weighted by molar-refractivity contribution is 7.12. The molecule has 3 heterocycles. The molecule has 0 radical (unpaired) electrons. The number of thiophene rings is 2. The zero-order valence-electron chi connectivity index (χ0n) is 18.9. The Hall–Kier alpha value is -2.35. The van der Waals surface area contributed by atoms with Gasteiger partial charge in [-0.25, -0.2) is 0 Å². The number of rotatable bonds is 7. The highest BCUT2D eigenvalue weighted by Gasteiger charge is 2.34. The topological polar surface area (TPSA) is 49.9 Å². The zero-order chi connectivity index (χ0) is 23.5. The number of carbonyl (C=O) groups is 2. The first-order valence-electron chi connectivity index (χ1n) is 10.9. The molecule has 1 unspecified atom stereocenters. The Bertz CT molecular complexity index is 1130. The van der Waals surface area contributed by atoms with Gasteiger partial charge in [-0.1, -0.05) is 17.7 Å². The molecule has 5 nitrogen and oxygen atoms in total. The molecule has 2 aromatic heterocycles. The normalized spacial score (nSPS) is 15.4. The Labute approximate surface area is 207 Å². The van der Waals surface area contributed by atoms with Gasteiger partial charge in [0.05, 0.1) is 10.9 Å². The molecule has 33 heavy (non-hydrogen) atoms.